The number of aromatic hydroxyl groups is 1. The summed E-state index contributed by atoms with van der Waals surface area (Å²) in [5.41, 5.74) is 0.752. The minimum atomic E-state index is 0.229. The second-order valence-corrected chi connectivity index (χ2v) is 8.15. The molecule has 0 aliphatic carbocycles. The molecule has 0 fully saturated rings. The fraction of sp³-hybridized carbons (Fsp3) is 0.708. The summed E-state index contributed by atoms with van der Waals surface area (Å²) in [7, 11) is 0. The summed E-state index contributed by atoms with van der Waals surface area (Å²) in [6.45, 7) is 5.83. The van der Waals surface area contributed by atoms with Crippen LogP contribution in [0.25, 0.3) is 0 Å². The Morgan fingerprint density at radius 2 is 1.57 bits per heavy atom. The highest BCUT2D eigenvalue weighted by Crippen LogP contribution is 2.25. The van der Waals surface area contributed by atoms with Crippen molar-refractivity contribution >= 4 is 5.84 Å². The van der Waals surface area contributed by atoms with Crippen molar-refractivity contribution in [2.45, 2.75) is 96.9 Å². The van der Waals surface area contributed by atoms with Gasteiger partial charge in [-0.05, 0) is 25.5 Å². The van der Waals surface area contributed by atoms with Crippen molar-refractivity contribution < 1.29 is 9.84 Å². The van der Waals surface area contributed by atoms with Crippen LogP contribution in [0.4, 0.5) is 0 Å². The van der Waals surface area contributed by atoms with Crippen molar-refractivity contribution in [3.63, 3.8) is 0 Å². The van der Waals surface area contributed by atoms with E-state index >= 15 is 0 Å². The Hall–Kier alpha value is -1.71. The molecule has 1 unspecified atom stereocenters. The van der Waals surface area contributed by atoms with E-state index in [4.69, 9.17) is 4.74 Å². The van der Waals surface area contributed by atoms with Gasteiger partial charge >= 0.3 is 0 Å². The molecule has 1 heterocycles. The van der Waals surface area contributed by atoms with Crippen LogP contribution in [-0.4, -0.2) is 30.1 Å². The van der Waals surface area contributed by atoms with Gasteiger partial charge in [0.2, 0.25) is 0 Å². The number of hydrogen-bond acceptors (Lipinski definition) is 4. The van der Waals surface area contributed by atoms with Gasteiger partial charge in [0.25, 0.3) is 0 Å². The van der Waals surface area contributed by atoms with Gasteiger partial charge in [-0.1, -0.05) is 77.6 Å². The van der Waals surface area contributed by atoms with Crippen molar-refractivity contribution in [2.75, 3.05) is 13.2 Å². The number of benzene rings is 1. The number of nitrogens with zero attached hydrogens (tertiary/aromatic N) is 1. The summed E-state index contributed by atoms with van der Waals surface area (Å²) in [4.78, 5) is 4.42. The lowest BCUT2D eigenvalue weighted by Crippen LogP contribution is -2.27. The molecule has 0 aromatic heterocycles. The molecule has 1 aliphatic heterocycles. The lowest BCUT2D eigenvalue weighted by molar-refractivity contribution is 0.302. The zero-order chi connectivity index (χ0) is 20.0. The van der Waals surface area contributed by atoms with E-state index in [1.54, 1.807) is 6.07 Å². The molecule has 0 spiro atoms. The zero-order valence-corrected chi connectivity index (χ0v) is 18.0. The first kappa shape index (κ1) is 22.6. The molecule has 1 aromatic rings. The van der Waals surface area contributed by atoms with E-state index in [9.17, 15) is 5.11 Å². The van der Waals surface area contributed by atoms with Crippen LogP contribution >= 0.6 is 0 Å². The van der Waals surface area contributed by atoms with Crippen molar-refractivity contribution in [1.82, 2.24) is 5.32 Å². The molecule has 1 atom stereocenters. The number of amidine groups is 1. The number of ether oxygens (including phenoxy) is 1. The Kier molecular flexibility index (Phi) is 10.9. The van der Waals surface area contributed by atoms with E-state index in [0.29, 0.717) is 12.6 Å². The van der Waals surface area contributed by atoms with E-state index in [-0.39, 0.29) is 5.75 Å². The zero-order valence-electron chi connectivity index (χ0n) is 18.0. The third-order valence-electron chi connectivity index (χ3n) is 5.40. The average Bonchev–Trinajstić information content (AvgIpc) is 3.11. The summed E-state index contributed by atoms with van der Waals surface area (Å²) < 4.78 is 5.80. The van der Waals surface area contributed by atoms with Gasteiger partial charge in [-0.15, -0.1) is 0 Å². The molecule has 2 N–H and O–H groups in total. The standard InChI is InChI=1S/C24H40N2O2/c1-3-4-5-6-7-8-9-10-11-12-13-14-17-28-21-15-16-22(23(27)18-21)24-25-19-20(2)26-24/h15-16,18,20,27H,3-14,17,19H2,1-2H3,(H,25,26). The molecule has 2 rings (SSSR count). The second kappa shape index (κ2) is 13.5. The van der Waals surface area contributed by atoms with Gasteiger partial charge in [0.05, 0.1) is 18.7 Å². The third-order valence-corrected chi connectivity index (χ3v) is 5.40. The largest absolute Gasteiger partial charge is 0.507 e. The Bertz CT molecular complexity index is 586. The first-order valence-electron chi connectivity index (χ1n) is 11.5. The molecule has 28 heavy (non-hydrogen) atoms. The normalized spacial score (nSPS) is 16.1. The first-order chi connectivity index (χ1) is 13.7. The van der Waals surface area contributed by atoms with Crippen LogP contribution in [0.15, 0.2) is 23.2 Å². The maximum absolute atomic E-state index is 10.2. The number of nitrogens with one attached hydrogen (secondary N) is 1. The van der Waals surface area contributed by atoms with Crippen molar-refractivity contribution in [3.05, 3.63) is 23.8 Å². The number of rotatable bonds is 15. The monoisotopic (exact) mass is 388 g/mol. The van der Waals surface area contributed by atoms with Crippen LogP contribution < -0.4 is 10.1 Å². The molecule has 0 amide bonds. The summed E-state index contributed by atoms with van der Waals surface area (Å²) in [6.07, 6.45) is 16.1. The minimum Gasteiger partial charge on any atom is -0.507 e. The highest BCUT2D eigenvalue weighted by molar-refractivity contribution is 6.02. The SMILES string of the molecule is CCCCCCCCCCCCCCOc1ccc(C2=NCC(C)N2)c(O)c1. The molecule has 158 valence electrons. The van der Waals surface area contributed by atoms with Gasteiger partial charge in [-0.25, -0.2) is 0 Å². The van der Waals surface area contributed by atoms with E-state index < -0.39 is 0 Å². The van der Waals surface area contributed by atoms with Crippen molar-refractivity contribution in [1.29, 1.82) is 0 Å². The molecule has 4 heteroatoms. The van der Waals surface area contributed by atoms with Gasteiger partial charge in [0, 0.05) is 12.1 Å². The predicted octanol–water partition coefficient (Wildman–Crippen LogP) is 6.21. The van der Waals surface area contributed by atoms with Crippen LogP contribution in [0.2, 0.25) is 0 Å². The molecule has 0 bridgehead atoms. The Morgan fingerprint density at radius 1 is 0.964 bits per heavy atom. The minimum absolute atomic E-state index is 0.229. The Morgan fingerprint density at radius 3 is 2.11 bits per heavy atom. The molecular formula is C24H40N2O2. The third kappa shape index (κ3) is 8.53. The van der Waals surface area contributed by atoms with E-state index in [1.807, 2.05) is 12.1 Å². The highest BCUT2D eigenvalue weighted by atomic mass is 16.5. The smallest absolute Gasteiger partial charge is 0.132 e. The maximum atomic E-state index is 10.2. The maximum Gasteiger partial charge on any atom is 0.132 e. The molecule has 0 saturated carbocycles. The van der Waals surface area contributed by atoms with Crippen LogP contribution in [0.5, 0.6) is 11.5 Å². The molecule has 1 aromatic carbocycles. The Labute approximate surface area is 171 Å². The number of aliphatic imine (C=N–C) groups is 1. The highest BCUT2D eigenvalue weighted by Gasteiger charge is 2.17. The molecule has 0 radical (unpaired) electrons. The second-order valence-electron chi connectivity index (χ2n) is 8.15. The Balaban J connectivity index is 1.48. The van der Waals surface area contributed by atoms with Gasteiger partial charge in [-0.2, -0.15) is 0 Å². The van der Waals surface area contributed by atoms with Crippen LogP contribution in [0, 0.1) is 0 Å². The number of unbranched alkanes of at least 4 members (excludes halogenated alkanes) is 11. The van der Waals surface area contributed by atoms with Gasteiger partial charge in [0.1, 0.15) is 17.3 Å². The van der Waals surface area contributed by atoms with Gasteiger partial charge in [0.15, 0.2) is 0 Å². The van der Waals surface area contributed by atoms with Gasteiger partial charge < -0.3 is 15.2 Å². The quantitative estimate of drug-likeness (QED) is 0.351. The van der Waals surface area contributed by atoms with Gasteiger partial charge in [-0.3, -0.25) is 4.99 Å². The lowest BCUT2D eigenvalue weighted by atomic mass is 10.1. The van der Waals surface area contributed by atoms with Crippen molar-refractivity contribution in [2.24, 2.45) is 4.99 Å². The summed E-state index contributed by atoms with van der Waals surface area (Å²) >= 11 is 0. The van der Waals surface area contributed by atoms with Crippen LogP contribution in [-0.2, 0) is 0 Å². The molecule has 4 nitrogen and oxygen atoms in total. The fourth-order valence-corrected chi connectivity index (χ4v) is 3.65. The lowest BCUT2D eigenvalue weighted by Gasteiger charge is -2.11. The molecule has 0 saturated heterocycles. The number of phenolic OH excluding ortho intramolecular Hbond substituents is 1. The van der Waals surface area contributed by atoms with E-state index in [0.717, 1.165) is 30.1 Å². The van der Waals surface area contributed by atoms with E-state index in [2.05, 4.69) is 24.2 Å². The molecular weight excluding hydrogens is 348 g/mol. The summed E-state index contributed by atoms with van der Waals surface area (Å²) in [5.74, 6) is 1.74. The van der Waals surface area contributed by atoms with Crippen LogP contribution in [0.1, 0.15) is 96.5 Å². The van der Waals surface area contributed by atoms with E-state index in [1.165, 1.54) is 70.6 Å². The first-order valence-corrected chi connectivity index (χ1v) is 11.5. The summed E-state index contributed by atoms with van der Waals surface area (Å²) in [5, 5.41) is 13.5. The summed E-state index contributed by atoms with van der Waals surface area (Å²) in [6, 6.07) is 5.83. The predicted molar refractivity (Wildman–Crippen MR) is 119 cm³/mol. The van der Waals surface area contributed by atoms with Crippen molar-refractivity contribution in [3.8, 4) is 11.5 Å². The fourth-order valence-electron chi connectivity index (χ4n) is 3.65. The topological polar surface area (TPSA) is 53.8 Å². The van der Waals surface area contributed by atoms with Crippen LogP contribution in [0.3, 0.4) is 0 Å². The number of hydrogen-bond donors (Lipinski definition) is 2. The molecule has 1 aliphatic rings. The number of phenols is 1. The average molecular weight is 389 g/mol.